The van der Waals surface area contributed by atoms with Crippen LogP contribution in [0.25, 0.3) is 11.0 Å². The third-order valence-electron chi connectivity index (χ3n) is 5.23. The number of hydrogen-bond acceptors (Lipinski definition) is 3. The molecule has 0 fully saturated rings. The van der Waals surface area contributed by atoms with E-state index in [9.17, 15) is 4.79 Å². The SMILES string of the molecule is C=CC(=O)NCCCc1nc2ccccc2n1CCCCOc1c(C)cccc1C. The molecule has 1 amide bonds. The largest absolute Gasteiger partial charge is 0.493 e. The Morgan fingerprint density at radius 1 is 1.10 bits per heavy atom. The van der Waals surface area contributed by atoms with E-state index in [1.807, 2.05) is 6.07 Å². The van der Waals surface area contributed by atoms with E-state index in [0.717, 1.165) is 49.3 Å². The van der Waals surface area contributed by atoms with Crippen LogP contribution in [0.2, 0.25) is 0 Å². The number of nitrogens with one attached hydrogen (secondary N) is 1. The first-order valence-electron chi connectivity index (χ1n) is 10.6. The first-order valence-corrected chi connectivity index (χ1v) is 10.6. The molecule has 0 saturated heterocycles. The number of amides is 1. The van der Waals surface area contributed by atoms with Gasteiger partial charge in [-0.05, 0) is 62.4 Å². The van der Waals surface area contributed by atoms with Gasteiger partial charge >= 0.3 is 0 Å². The van der Waals surface area contributed by atoms with Crippen LogP contribution in [0, 0.1) is 13.8 Å². The van der Waals surface area contributed by atoms with Crippen molar-refractivity contribution in [2.24, 2.45) is 0 Å². The zero-order chi connectivity index (χ0) is 21.3. The van der Waals surface area contributed by atoms with Gasteiger partial charge in [0.05, 0.1) is 17.6 Å². The Labute approximate surface area is 178 Å². The molecule has 2 aromatic carbocycles. The van der Waals surface area contributed by atoms with Crippen LogP contribution in [0.4, 0.5) is 0 Å². The van der Waals surface area contributed by atoms with Crippen LogP contribution in [0.3, 0.4) is 0 Å². The van der Waals surface area contributed by atoms with Gasteiger partial charge in [0, 0.05) is 19.5 Å². The molecule has 5 heteroatoms. The Morgan fingerprint density at radius 3 is 2.63 bits per heavy atom. The number of imidazole rings is 1. The molecule has 30 heavy (non-hydrogen) atoms. The van der Waals surface area contributed by atoms with Crippen molar-refractivity contribution in [2.45, 2.75) is 46.1 Å². The van der Waals surface area contributed by atoms with Gasteiger partial charge in [-0.1, -0.05) is 36.9 Å². The molecule has 0 saturated carbocycles. The molecule has 0 aliphatic heterocycles. The Bertz CT molecular complexity index is 987. The minimum absolute atomic E-state index is 0.132. The molecule has 3 rings (SSSR count). The average Bonchev–Trinajstić information content (AvgIpc) is 3.10. The van der Waals surface area contributed by atoms with E-state index in [1.165, 1.54) is 22.7 Å². The van der Waals surface area contributed by atoms with E-state index < -0.39 is 0 Å². The number of fused-ring (bicyclic) bond motifs is 1. The lowest BCUT2D eigenvalue weighted by molar-refractivity contribution is -0.116. The van der Waals surface area contributed by atoms with Crippen molar-refractivity contribution in [3.05, 3.63) is 72.1 Å². The lowest BCUT2D eigenvalue weighted by atomic mass is 10.1. The minimum atomic E-state index is -0.132. The first kappa shape index (κ1) is 21.6. The van der Waals surface area contributed by atoms with Gasteiger partial charge in [0.25, 0.3) is 0 Å². The second-order valence-electron chi connectivity index (χ2n) is 7.54. The van der Waals surface area contributed by atoms with Gasteiger partial charge in [-0.25, -0.2) is 4.98 Å². The molecule has 5 nitrogen and oxygen atoms in total. The summed E-state index contributed by atoms with van der Waals surface area (Å²) in [4.78, 5) is 16.1. The van der Waals surface area contributed by atoms with Gasteiger partial charge in [0.1, 0.15) is 11.6 Å². The van der Waals surface area contributed by atoms with Crippen LogP contribution in [0.1, 0.15) is 36.2 Å². The maximum Gasteiger partial charge on any atom is 0.243 e. The normalized spacial score (nSPS) is 10.9. The van der Waals surface area contributed by atoms with Crippen molar-refractivity contribution in [1.82, 2.24) is 14.9 Å². The molecule has 158 valence electrons. The zero-order valence-corrected chi connectivity index (χ0v) is 18.0. The van der Waals surface area contributed by atoms with Crippen LogP contribution in [-0.4, -0.2) is 28.6 Å². The monoisotopic (exact) mass is 405 g/mol. The zero-order valence-electron chi connectivity index (χ0n) is 18.0. The highest BCUT2D eigenvalue weighted by Crippen LogP contribution is 2.23. The van der Waals surface area contributed by atoms with Crippen LogP contribution in [0.15, 0.2) is 55.1 Å². The highest BCUT2D eigenvalue weighted by Gasteiger charge is 2.10. The number of hydrogen-bond donors (Lipinski definition) is 1. The summed E-state index contributed by atoms with van der Waals surface area (Å²) < 4.78 is 8.35. The summed E-state index contributed by atoms with van der Waals surface area (Å²) in [7, 11) is 0. The summed E-state index contributed by atoms with van der Waals surface area (Å²) in [5.74, 6) is 1.94. The Morgan fingerprint density at radius 2 is 1.87 bits per heavy atom. The fourth-order valence-corrected chi connectivity index (χ4v) is 3.67. The molecular weight excluding hydrogens is 374 g/mol. The summed E-state index contributed by atoms with van der Waals surface area (Å²) in [6.45, 7) is 9.89. The van der Waals surface area contributed by atoms with E-state index in [0.29, 0.717) is 13.2 Å². The van der Waals surface area contributed by atoms with Crippen molar-refractivity contribution in [1.29, 1.82) is 0 Å². The van der Waals surface area contributed by atoms with E-state index in [2.05, 4.69) is 66.7 Å². The lowest BCUT2D eigenvalue weighted by Gasteiger charge is -2.13. The van der Waals surface area contributed by atoms with E-state index >= 15 is 0 Å². The molecule has 3 aromatic rings. The number of carbonyl (C=O) groups is 1. The third-order valence-corrected chi connectivity index (χ3v) is 5.23. The Balaban J connectivity index is 1.56. The second-order valence-corrected chi connectivity index (χ2v) is 7.54. The number of benzene rings is 2. The van der Waals surface area contributed by atoms with E-state index in [-0.39, 0.29) is 5.91 Å². The van der Waals surface area contributed by atoms with Gasteiger partial charge in [0.2, 0.25) is 5.91 Å². The van der Waals surface area contributed by atoms with Gasteiger partial charge < -0.3 is 14.6 Å². The molecule has 0 spiro atoms. The summed E-state index contributed by atoms with van der Waals surface area (Å²) in [6, 6.07) is 14.5. The smallest absolute Gasteiger partial charge is 0.243 e. The number of para-hydroxylation sites is 3. The van der Waals surface area contributed by atoms with Crippen LogP contribution < -0.4 is 10.1 Å². The van der Waals surface area contributed by atoms with Gasteiger partial charge in [0.15, 0.2) is 0 Å². The van der Waals surface area contributed by atoms with E-state index in [1.54, 1.807) is 0 Å². The first-order chi connectivity index (χ1) is 14.6. The van der Waals surface area contributed by atoms with Gasteiger partial charge in [-0.2, -0.15) is 0 Å². The molecule has 1 N–H and O–H groups in total. The molecular formula is C25H31N3O2. The topological polar surface area (TPSA) is 56.2 Å². The van der Waals surface area contributed by atoms with Crippen LogP contribution in [0.5, 0.6) is 5.75 Å². The Hall–Kier alpha value is -3.08. The molecule has 0 atom stereocenters. The maximum atomic E-state index is 11.3. The second kappa shape index (κ2) is 10.6. The quantitative estimate of drug-likeness (QED) is 0.370. The number of nitrogens with zero attached hydrogens (tertiary/aromatic N) is 2. The molecule has 0 aliphatic carbocycles. The fraction of sp³-hybridized carbons (Fsp3) is 0.360. The molecule has 0 bridgehead atoms. The van der Waals surface area contributed by atoms with Crippen molar-refractivity contribution in [3.8, 4) is 5.75 Å². The minimum Gasteiger partial charge on any atom is -0.493 e. The van der Waals surface area contributed by atoms with Gasteiger partial charge in [-0.3, -0.25) is 4.79 Å². The van der Waals surface area contributed by atoms with E-state index in [4.69, 9.17) is 9.72 Å². The van der Waals surface area contributed by atoms with Crippen LogP contribution >= 0.6 is 0 Å². The van der Waals surface area contributed by atoms with Crippen molar-refractivity contribution >= 4 is 16.9 Å². The van der Waals surface area contributed by atoms with Crippen LogP contribution in [-0.2, 0) is 17.8 Å². The number of aromatic nitrogens is 2. The number of ether oxygens (including phenoxy) is 1. The average molecular weight is 406 g/mol. The number of aryl methyl sites for hydroxylation is 4. The lowest BCUT2D eigenvalue weighted by Crippen LogP contribution is -2.22. The molecule has 0 aliphatic rings. The highest BCUT2D eigenvalue weighted by atomic mass is 16.5. The van der Waals surface area contributed by atoms with Crippen molar-refractivity contribution in [2.75, 3.05) is 13.2 Å². The maximum absolute atomic E-state index is 11.3. The summed E-state index contributed by atoms with van der Waals surface area (Å²) in [5.41, 5.74) is 4.55. The van der Waals surface area contributed by atoms with Gasteiger partial charge in [-0.15, -0.1) is 0 Å². The highest BCUT2D eigenvalue weighted by molar-refractivity contribution is 5.86. The number of unbranched alkanes of at least 4 members (excludes halogenated alkanes) is 1. The third kappa shape index (κ3) is 5.50. The summed E-state index contributed by atoms with van der Waals surface area (Å²) in [5, 5.41) is 2.83. The molecule has 0 radical (unpaired) electrons. The summed E-state index contributed by atoms with van der Waals surface area (Å²) >= 11 is 0. The summed E-state index contributed by atoms with van der Waals surface area (Å²) in [6.07, 6.45) is 4.97. The molecule has 1 aromatic heterocycles. The predicted molar refractivity (Wildman–Crippen MR) is 122 cm³/mol. The van der Waals surface area contributed by atoms with Crippen molar-refractivity contribution in [3.63, 3.8) is 0 Å². The van der Waals surface area contributed by atoms with Crippen molar-refractivity contribution < 1.29 is 9.53 Å². The predicted octanol–water partition coefficient (Wildman–Crippen LogP) is 4.75. The number of carbonyl (C=O) groups excluding carboxylic acids is 1. The fourth-order valence-electron chi connectivity index (χ4n) is 3.67. The molecule has 0 unspecified atom stereocenters. The number of rotatable bonds is 11. The standard InChI is InChI=1S/C25H31N3O2/c1-4-24(29)26-16-10-15-23-27-21-13-5-6-14-22(21)28(23)17-7-8-18-30-25-19(2)11-9-12-20(25)3/h4-6,9,11-14H,1,7-8,10,15-18H2,2-3H3,(H,26,29). The molecule has 1 heterocycles. The Kier molecular flexibility index (Phi) is 7.66.